The Morgan fingerprint density at radius 1 is 1.18 bits per heavy atom. The second-order valence-electron chi connectivity index (χ2n) is 4.56. The summed E-state index contributed by atoms with van der Waals surface area (Å²) in [6.45, 7) is 0.869. The third-order valence-electron chi connectivity index (χ3n) is 3.58. The summed E-state index contributed by atoms with van der Waals surface area (Å²) in [5.41, 5.74) is 3.11. The summed E-state index contributed by atoms with van der Waals surface area (Å²) in [6, 6.07) is 10.2. The van der Waals surface area contributed by atoms with E-state index in [1.807, 2.05) is 22.6 Å². The van der Waals surface area contributed by atoms with Gasteiger partial charge in [0.15, 0.2) is 0 Å². The smallest absolute Gasteiger partial charge is 0.201 e. The van der Waals surface area contributed by atoms with Crippen LogP contribution in [0.4, 0.5) is 0 Å². The third kappa shape index (κ3) is 1.04. The highest BCUT2D eigenvalue weighted by Crippen LogP contribution is 2.28. The van der Waals surface area contributed by atoms with E-state index in [1.165, 1.54) is 0 Å². The lowest BCUT2D eigenvalue weighted by atomic mass is 10.1. The maximum absolute atomic E-state index is 10.3. The fraction of sp³-hybridized carbons (Fsp3) is 0.214. The van der Waals surface area contributed by atoms with E-state index in [0.717, 1.165) is 46.7 Å². The van der Waals surface area contributed by atoms with Crippen molar-refractivity contribution in [3.63, 3.8) is 0 Å². The van der Waals surface area contributed by atoms with E-state index in [4.69, 9.17) is 0 Å². The molecule has 0 saturated heterocycles. The first-order valence-electron chi connectivity index (χ1n) is 5.94. The third-order valence-corrected chi connectivity index (χ3v) is 3.58. The molecule has 1 aliphatic heterocycles. The average molecular weight is 224 g/mol. The molecule has 0 radical (unpaired) electrons. The van der Waals surface area contributed by atoms with Gasteiger partial charge in [-0.1, -0.05) is 18.2 Å². The van der Waals surface area contributed by atoms with Gasteiger partial charge in [0.05, 0.1) is 16.4 Å². The highest BCUT2D eigenvalue weighted by Gasteiger charge is 2.18. The van der Waals surface area contributed by atoms with E-state index in [9.17, 15) is 5.11 Å². The molecule has 0 unspecified atom stereocenters. The van der Waals surface area contributed by atoms with Gasteiger partial charge in [-0.15, -0.1) is 0 Å². The van der Waals surface area contributed by atoms with Crippen LogP contribution in [0, 0.1) is 0 Å². The lowest BCUT2D eigenvalue weighted by Crippen LogP contribution is -2.12. The van der Waals surface area contributed by atoms with E-state index in [-0.39, 0.29) is 0 Å². The molecule has 84 valence electrons. The minimum atomic E-state index is 0.375. The van der Waals surface area contributed by atoms with Gasteiger partial charge >= 0.3 is 0 Å². The first-order valence-corrected chi connectivity index (χ1v) is 5.94. The first-order chi connectivity index (χ1) is 8.36. The molecule has 0 atom stereocenters. The van der Waals surface area contributed by atoms with Gasteiger partial charge < -0.3 is 5.11 Å². The molecule has 3 nitrogen and oxygen atoms in total. The fourth-order valence-corrected chi connectivity index (χ4v) is 2.81. The number of fused-ring (bicyclic) bond motifs is 5. The van der Waals surface area contributed by atoms with Crippen molar-refractivity contribution in [3.05, 3.63) is 41.3 Å². The Morgan fingerprint density at radius 3 is 3.00 bits per heavy atom. The molecule has 0 amide bonds. The van der Waals surface area contributed by atoms with Crippen molar-refractivity contribution in [1.82, 2.24) is 4.40 Å². The van der Waals surface area contributed by atoms with Gasteiger partial charge in [0.2, 0.25) is 5.88 Å². The summed E-state index contributed by atoms with van der Waals surface area (Å²) in [5, 5.41) is 12.5. The van der Waals surface area contributed by atoms with Crippen LogP contribution in [-0.2, 0) is 6.42 Å². The number of hydrogen-bond donors (Lipinski definition) is 1. The average Bonchev–Trinajstić information content (AvgIpc) is 2.88. The van der Waals surface area contributed by atoms with E-state index in [0.29, 0.717) is 5.88 Å². The molecule has 1 N–H and O–H groups in total. The second-order valence-corrected chi connectivity index (χ2v) is 4.56. The summed E-state index contributed by atoms with van der Waals surface area (Å²) in [4.78, 5) is 4.56. The maximum atomic E-state index is 10.3. The molecule has 0 bridgehead atoms. The minimum absolute atomic E-state index is 0.375. The largest absolute Gasteiger partial charge is 0.494 e. The Hall–Kier alpha value is -2.03. The molecule has 1 aliphatic rings. The Labute approximate surface area is 98.0 Å². The van der Waals surface area contributed by atoms with Crippen molar-refractivity contribution in [2.75, 3.05) is 6.54 Å². The van der Waals surface area contributed by atoms with Crippen LogP contribution < -0.4 is 5.36 Å². The summed E-state index contributed by atoms with van der Waals surface area (Å²) < 4.78 is 1.93. The molecule has 0 aliphatic carbocycles. The van der Waals surface area contributed by atoms with Gasteiger partial charge in [-0.2, -0.15) is 0 Å². The van der Waals surface area contributed by atoms with Crippen molar-refractivity contribution in [1.29, 1.82) is 0 Å². The number of aromatic hydroxyl groups is 1. The Morgan fingerprint density at radius 2 is 2.06 bits per heavy atom. The first kappa shape index (κ1) is 9.05. The van der Waals surface area contributed by atoms with Crippen LogP contribution in [0.3, 0.4) is 0 Å². The van der Waals surface area contributed by atoms with Gasteiger partial charge in [-0.05, 0) is 25.0 Å². The number of benzene rings is 1. The van der Waals surface area contributed by atoms with Gasteiger partial charge in [0, 0.05) is 17.5 Å². The highest BCUT2D eigenvalue weighted by atomic mass is 16.3. The monoisotopic (exact) mass is 224 g/mol. The summed E-state index contributed by atoms with van der Waals surface area (Å²) in [7, 11) is 0. The fourth-order valence-electron chi connectivity index (χ4n) is 2.81. The molecular formula is C14H12N2O. The topological polar surface area (TPSA) is 37.0 Å². The molecule has 4 rings (SSSR count). The standard InChI is InChI=1S/C14H12N2O/c17-14-10-5-3-7-15-13(10)12-8-9-4-1-2-6-11(9)16(12)14/h1-2,4,6,8,17H,3,5,7H2. The summed E-state index contributed by atoms with van der Waals surface area (Å²) >= 11 is 0. The number of hydrogen-bond acceptors (Lipinski definition) is 2. The molecule has 0 spiro atoms. The van der Waals surface area contributed by atoms with Gasteiger partial charge in [0.25, 0.3) is 0 Å². The summed E-state index contributed by atoms with van der Waals surface area (Å²) in [5.74, 6) is 0.375. The van der Waals surface area contributed by atoms with Crippen molar-refractivity contribution in [3.8, 4) is 5.88 Å². The quantitative estimate of drug-likeness (QED) is 0.623. The predicted molar refractivity (Wildman–Crippen MR) is 66.5 cm³/mol. The van der Waals surface area contributed by atoms with Crippen molar-refractivity contribution < 1.29 is 5.11 Å². The van der Waals surface area contributed by atoms with Crippen molar-refractivity contribution in [2.24, 2.45) is 4.99 Å². The van der Waals surface area contributed by atoms with Crippen molar-refractivity contribution >= 4 is 16.4 Å². The van der Waals surface area contributed by atoms with Crippen molar-refractivity contribution in [2.45, 2.75) is 12.8 Å². The predicted octanol–water partition coefficient (Wildman–Crippen LogP) is 2.08. The molecule has 3 heterocycles. The zero-order chi connectivity index (χ0) is 11.4. The lowest BCUT2D eigenvalue weighted by Gasteiger charge is -2.03. The molecule has 3 aromatic rings. The summed E-state index contributed by atoms with van der Waals surface area (Å²) in [6.07, 6.45) is 1.96. The van der Waals surface area contributed by atoms with Gasteiger partial charge in [0.1, 0.15) is 0 Å². The van der Waals surface area contributed by atoms with E-state index in [1.54, 1.807) is 0 Å². The number of rotatable bonds is 0. The second kappa shape index (κ2) is 3.00. The molecule has 0 fully saturated rings. The Bertz CT molecular complexity index is 786. The molecule has 2 aromatic heterocycles. The van der Waals surface area contributed by atoms with Crippen LogP contribution in [0.2, 0.25) is 0 Å². The minimum Gasteiger partial charge on any atom is -0.494 e. The van der Waals surface area contributed by atoms with Gasteiger partial charge in [-0.25, -0.2) is 0 Å². The zero-order valence-corrected chi connectivity index (χ0v) is 9.35. The van der Waals surface area contributed by atoms with Crippen LogP contribution in [0.15, 0.2) is 35.3 Å². The number of aromatic nitrogens is 1. The highest BCUT2D eigenvalue weighted by molar-refractivity contribution is 5.88. The lowest BCUT2D eigenvalue weighted by molar-refractivity contribution is 0.443. The normalized spacial score (nSPS) is 15.1. The van der Waals surface area contributed by atoms with Crippen LogP contribution in [0.25, 0.3) is 16.4 Å². The molecule has 0 saturated carbocycles. The van der Waals surface area contributed by atoms with Gasteiger partial charge in [-0.3, -0.25) is 9.39 Å². The number of nitrogens with zero attached hydrogens (tertiary/aromatic N) is 2. The zero-order valence-electron chi connectivity index (χ0n) is 9.35. The SMILES string of the molecule is Oc1c2c(c3cc4ccccc4n13)=NCCC2. The molecule has 17 heavy (non-hydrogen) atoms. The Kier molecular flexibility index (Phi) is 1.60. The van der Waals surface area contributed by atoms with E-state index >= 15 is 0 Å². The van der Waals surface area contributed by atoms with Crippen LogP contribution >= 0.6 is 0 Å². The molecule has 1 aromatic carbocycles. The molecule has 3 heteroatoms. The Balaban J connectivity index is 2.31. The molecular weight excluding hydrogens is 212 g/mol. The van der Waals surface area contributed by atoms with E-state index < -0.39 is 0 Å². The van der Waals surface area contributed by atoms with Crippen LogP contribution in [0.5, 0.6) is 5.88 Å². The van der Waals surface area contributed by atoms with E-state index in [2.05, 4.69) is 17.1 Å². The number of para-hydroxylation sites is 1. The maximum Gasteiger partial charge on any atom is 0.201 e. The van der Waals surface area contributed by atoms with Crippen LogP contribution in [0.1, 0.15) is 12.0 Å². The van der Waals surface area contributed by atoms with Crippen LogP contribution in [-0.4, -0.2) is 16.1 Å².